The third-order valence-corrected chi connectivity index (χ3v) is 4.06. The van der Waals surface area contributed by atoms with E-state index in [1.54, 1.807) is 4.90 Å². The Labute approximate surface area is 140 Å². The first-order valence-electron chi connectivity index (χ1n) is 7.50. The fourth-order valence-corrected chi connectivity index (χ4v) is 2.95. The summed E-state index contributed by atoms with van der Waals surface area (Å²) in [5.41, 5.74) is 0.491. The Hall–Kier alpha value is -1.36. The van der Waals surface area contributed by atoms with Gasteiger partial charge in [-0.2, -0.15) is 0 Å². The highest BCUT2D eigenvalue weighted by Crippen LogP contribution is 2.22. The number of benzene rings is 1. The van der Waals surface area contributed by atoms with Gasteiger partial charge in [-0.1, -0.05) is 28.1 Å². The van der Waals surface area contributed by atoms with Gasteiger partial charge in [0.15, 0.2) is 0 Å². The van der Waals surface area contributed by atoms with Crippen molar-refractivity contribution >= 4 is 27.8 Å². The van der Waals surface area contributed by atoms with E-state index in [-0.39, 0.29) is 17.8 Å². The fraction of sp³-hybridized carbons (Fsp3) is 0.529. The molecule has 1 aliphatic heterocycles. The van der Waals surface area contributed by atoms with Crippen LogP contribution in [0.3, 0.4) is 0 Å². The van der Waals surface area contributed by atoms with E-state index in [4.69, 9.17) is 4.74 Å². The highest BCUT2D eigenvalue weighted by atomic mass is 79.9. The van der Waals surface area contributed by atoms with E-state index in [2.05, 4.69) is 15.9 Å². The van der Waals surface area contributed by atoms with Crippen molar-refractivity contribution in [3.8, 4) is 0 Å². The normalized spacial score (nSPS) is 18.4. The van der Waals surface area contributed by atoms with E-state index in [9.17, 15) is 9.59 Å². The summed E-state index contributed by atoms with van der Waals surface area (Å²) in [5.74, 6) is 0.0932. The van der Waals surface area contributed by atoms with Gasteiger partial charge < -0.3 is 9.64 Å². The molecule has 0 saturated carbocycles. The molecule has 22 heavy (non-hydrogen) atoms. The molecule has 0 aliphatic carbocycles. The number of amides is 1. The molecule has 1 fully saturated rings. The molecule has 0 aromatic heterocycles. The van der Waals surface area contributed by atoms with Crippen LogP contribution in [0.1, 0.15) is 32.8 Å². The number of ether oxygens (including phenoxy) is 1. The van der Waals surface area contributed by atoms with Crippen LogP contribution < -0.4 is 0 Å². The van der Waals surface area contributed by atoms with Gasteiger partial charge in [-0.25, -0.2) is 4.79 Å². The molecule has 1 aromatic carbocycles. The summed E-state index contributed by atoms with van der Waals surface area (Å²) in [6.45, 7) is 6.58. The second-order valence-corrected chi connectivity index (χ2v) is 7.60. The molecule has 0 N–H and O–H groups in total. The van der Waals surface area contributed by atoms with E-state index in [1.807, 2.05) is 45.0 Å². The van der Waals surface area contributed by atoms with Crippen LogP contribution in [-0.2, 0) is 16.0 Å². The van der Waals surface area contributed by atoms with E-state index in [0.29, 0.717) is 25.9 Å². The lowest BCUT2D eigenvalue weighted by atomic mass is 9.97. The molecular formula is C17H22BrNO3. The number of carbonyl (C=O) groups excluding carboxylic acids is 2. The van der Waals surface area contributed by atoms with E-state index >= 15 is 0 Å². The summed E-state index contributed by atoms with van der Waals surface area (Å²) in [4.78, 5) is 26.0. The zero-order valence-corrected chi connectivity index (χ0v) is 14.9. The SMILES string of the molecule is CC(C)(C)OC(=O)N1CCC(C(=O)Cc2cccc(Br)c2)C1. The van der Waals surface area contributed by atoms with Crippen LogP contribution in [0.15, 0.2) is 28.7 Å². The van der Waals surface area contributed by atoms with Gasteiger partial charge in [-0.05, 0) is 44.9 Å². The quantitative estimate of drug-likeness (QED) is 0.815. The van der Waals surface area contributed by atoms with Crippen molar-refractivity contribution in [2.24, 2.45) is 5.92 Å². The Morgan fingerprint density at radius 3 is 2.73 bits per heavy atom. The summed E-state index contributed by atoms with van der Waals surface area (Å²) in [7, 11) is 0. The first-order chi connectivity index (χ1) is 10.2. The molecule has 5 heteroatoms. The predicted molar refractivity (Wildman–Crippen MR) is 88.8 cm³/mol. The van der Waals surface area contributed by atoms with E-state index in [1.165, 1.54) is 0 Å². The van der Waals surface area contributed by atoms with Crippen LogP contribution in [0, 0.1) is 5.92 Å². The van der Waals surface area contributed by atoms with E-state index in [0.717, 1.165) is 10.0 Å². The molecule has 1 atom stereocenters. The minimum absolute atomic E-state index is 0.0912. The summed E-state index contributed by atoms with van der Waals surface area (Å²) >= 11 is 3.41. The first kappa shape index (κ1) is 17.0. The Morgan fingerprint density at radius 1 is 1.36 bits per heavy atom. The molecule has 120 valence electrons. The Balaban J connectivity index is 1.90. The zero-order valence-electron chi connectivity index (χ0n) is 13.3. The van der Waals surface area contributed by atoms with Crippen LogP contribution in [-0.4, -0.2) is 35.5 Å². The van der Waals surface area contributed by atoms with Crippen molar-refractivity contribution in [3.05, 3.63) is 34.3 Å². The molecule has 0 spiro atoms. The van der Waals surface area contributed by atoms with Crippen molar-refractivity contribution in [2.45, 2.75) is 39.2 Å². The van der Waals surface area contributed by atoms with E-state index < -0.39 is 5.60 Å². The maximum absolute atomic E-state index is 12.4. The second-order valence-electron chi connectivity index (χ2n) is 6.68. The number of nitrogens with zero attached hydrogens (tertiary/aromatic N) is 1. The first-order valence-corrected chi connectivity index (χ1v) is 8.29. The fourth-order valence-electron chi connectivity index (χ4n) is 2.51. The average Bonchev–Trinajstić information content (AvgIpc) is 2.86. The molecule has 1 aliphatic rings. The van der Waals surface area contributed by atoms with Gasteiger partial charge in [0.25, 0.3) is 0 Å². The highest BCUT2D eigenvalue weighted by molar-refractivity contribution is 9.10. The summed E-state index contributed by atoms with van der Waals surface area (Å²) in [5, 5.41) is 0. The molecule has 1 heterocycles. The van der Waals surface area contributed by atoms with Crippen molar-refractivity contribution in [1.82, 2.24) is 4.90 Å². The summed E-state index contributed by atoms with van der Waals surface area (Å²) < 4.78 is 6.33. The molecule has 1 aromatic rings. The second kappa shape index (κ2) is 6.82. The Bertz CT molecular complexity index is 565. The number of rotatable bonds is 3. The lowest BCUT2D eigenvalue weighted by molar-refractivity contribution is -0.121. The lowest BCUT2D eigenvalue weighted by Gasteiger charge is -2.24. The van der Waals surface area contributed by atoms with Crippen LogP contribution in [0.2, 0.25) is 0 Å². The molecular weight excluding hydrogens is 346 g/mol. The number of hydrogen-bond donors (Lipinski definition) is 0. The molecule has 0 radical (unpaired) electrons. The summed E-state index contributed by atoms with van der Waals surface area (Å²) in [6, 6.07) is 7.77. The number of ketones is 1. The van der Waals surface area contributed by atoms with Gasteiger partial charge >= 0.3 is 6.09 Å². The van der Waals surface area contributed by atoms with Crippen molar-refractivity contribution in [2.75, 3.05) is 13.1 Å². The van der Waals surface area contributed by atoms with Crippen LogP contribution in [0.5, 0.6) is 0 Å². The number of Topliss-reactive ketones (excluding diaryl/α,β-unsaturated/α-hetero) is 1. The molecule has 1 saturated heterocycles. The van der Waals surface area contributed by atoms with Gasteiger partial charge in [0.05, 0.1) is 0 Å². The van der Waals surface area contributed by atoms with Crippen LogP contribution in [0.25, 0.3) is 0 Å². The van der Waals surface area contributed by atoms with Gasteiger partial charge in [0, 0.05) is 29.9 Å². The third-order valence-electron chi connectivity index (χ3n) is 3.56. The molecule has 4 nitrogen and oxygen atoms in total. The standard InChI is InChI=1S/C17H22BrNO3/c1-17(2,3)22-16(21)19-8-7-13(11-19)15(20)10-12-5-4-6-14(18)9-12/h4-6,9,13H,7-8,10-11H2,1-3H3. The van der Waals surface area contributed by atoms with Crippen LogP contribution in [0.4, 0.5) is 4.79 Å². The third kappa shape index (κ3) is 4.83. The molecule has 0 bridgehead atoms. The number of hydrogen-bond acceptors (Lipinski definition) is 3. The minimum Gasteiger partial charge on any atom is -0.444 e. The van der Waals surface area contributed by atoms with Gasteiger partial charge in [-0.15, -0.1) is 0 Å². The summed E-state index contributed by atoms with van der Waals surface area (Å²) in [6.07, 6.45) is 0.795. The smallest absolute Gasteiger partial charge is 0.410 e. The average molecular weight is 368 g/mol. The topological polar surface area (TPSA) is 46.6 Å². The van der Waals surface area contributed by atoms with Crippen LogP contribution >= 0.6 is 15.9 Å². The minimum atomic E-state index is -0.504. The highest BCUT2D eigenvalue weighted by Gasteiger charge is 2.33. The van der Waals surface area contributed by atoms with Gasteiger partial charge in [0.2, 0.25) is 0 Å². The largest absolute Gasteiger partial charge is 0.444 e. The van der Waals surface area contributed by atoms with Gasteiger partial charge in [0.1, 0.15) is 11.4 Å². The van der Waals surface area contributed by atoms with Gasteiger partial charge in [-0.3, -0.25) is 4.79 Å². The zero-order chi connectivity index (χ0) is 16.3. The predicted octanol–water partition coefficient (Wildman–Crippen LogP) is 3.82. The van der Waals surface area contributed by atoms with Crippen molar-refractivity contribution in [3.63, 3.8) is 0 Å². The van der Waals surface area contributed by atoms with Crippen molar-refractivity contribution < 1.29 is 14.3 Å². The van der Waals surface area contributed by atoms with Crippen molar-refractivity contribution in [1.29, 1.82) is 0 Å². The number of carbonyl (C=O) groups is 2. The lowest BCUT2D eigenvalue weighted by Crippen LogP contribution is -2.36. The Kier molecular flexibility index (Phi) is 5.27. The molecule has 1 amide bonds. The molecule has 1 unspecified atom stereocenters. The maximum Gasteiger partial charge on any atom is 0.410 e. The number of halogens is 1. The Morgan fingerprint density at radius 2 is 2.09 bits per heavy atom. The number of likely N-dealkylation sites (tertiary alicyclic amines) is 1. The maximum atomic E-state index is 12.4. The monoisotopic (exact) mass is 367 g/mol. The molecule has 2 rings (SSSR count).